The number of nitrogens with zero attached hydrogens (tertiary/aromatic N) is 8. The molecule has 1 saturated carbocycles. The first-order valence-corrected chi connectivity index (χ1v) is 14.9. The summed E-state index contributed by atoms with van der Waals surface area (Å²) >= 11 is 0. The van der Waals surface area contributed by atoms with Crippen molar-refractivity contribution in [3.05, 3.63) is 60.6 Å². The van der Waals surface area contributed by atoms with Gasteiger partial charge in [0.2, 0.25) is 5.95 Å². The van der Waals surface area contributed by atoms with Gasteiger partial charge in [-0.3, -0.25) is 9.80 Å². The summed E-state index contributed by atoms with van der Waals surface area (Å²) in [5, 5.41) is 11.7. The van der Waals surface area contributed by atoms with Gasteiger partial charge in [-0.2, -0.15) is 0 Å². The minimum atomic E-state index is 0.123. The smallest absolute Gasteiger partial charge is 0.295 e. The maximum absolute atomic E-state index is 4.81. The molecule has 212 valence electrons. The van der Waals surface area contributed by atoms with E-state index in [1.165, 1.54) is 18.4 Å². The monoisotopic (exact) mass is 551 g/mol. The number of pyridine rings is 1. The second-order valence-electron chi connectivity index (χ2n) is 11.9. The average Bonchev–Trinajstić information content (AvgIpc) is 3.68. The molecule has 2 N–H and O–H groups in total. The van der Waals surface area contributed by atoms with Crippen LogP contribution in [-0.2, 0) is 6.54 Å². The molecule has 0 amide bonds. The second-order valence-corrected chi connectivity index (χ2v) is 11.9. The van der Waals surface area contributed by atoms with Crippen LogP contribution >= 0.6 is 0 Å². The van der Waals surface area contributed by atoms with Gasteiger partial charge in [0.15, 0.2) is 0 Å². The standard InChI is InChI=1S/C31H39N10/c1-32-38-27-17-28-6-9-33-22-31(7-8-31)40-13-11-39(12-14-40)20-23-3-2-4-26(15-23)37-29-16-24(5-10-34-29)25-18-35-30(36-19-25)41(28)21-27/h2-5,10,15-16,18-19,27-28,33H,1,6-9,11-14,17,20-22H2,(H,34,37)/q+1. The van der Waals surface area contributed by atoms with Gasteiger partial charge < -0.3 is 15.5 Å². The molecule has 3 fully saturated rings. The maximum atomic E-state index is 4.81. The van der Waals surface area contributed by atoms with Crippen molar-refractivity contribution in [2.24, 2.45) is 5.11 Å². The summed E-state index contributed by atoms with van der Waals surface area (Å²) in [6, 6.07) is 13.2. The molecule has 1 aliphatic carbocycles. The van der Waals surface area contributed by atoms with E-state index < -0.39 is 0 Å². The van der Waals surface area contributed by atoms with Crippen LogP contribution in [0, 0.1) is 0 Å². The quantitative estimate of drug-likeness (QED) is 0.270. The molecule has 8 heterocycles. The van der Waals surface area contributed by atoms with Crippen molar-refractivity contribution in [3.8, 4) is 11.1 Å². The number of aromatic nitrogens is 3. The van der Waals surface area contributed by atoms with Crippen LogP contribution in [0.1, 0.15) is 31.2 Å². The fourth-order valence-corrected chi connectivity index (χ4v) is 6.78. The molecule has 41 heavy (non-hydrogen) atoms. The predicted octanol–water partition coefficient (Wildman–Crippen LogP) is 3.23. The van der Waals surface area contributed by atoms with Crippen LogP contribution < -0.4 is 15.5 Å². The number of rotatable bonds is 1. The summed E-state index contributed by atoms with van der Waals surface area (Å²) in [5.74, 6) is 1.55. The van der Waals surface area contributed by atoms with E-state index in [2.05, 4.69) is 77.3 Å². The fourth-order valence-electron chi connectivity index (χ4n) is 6.78. The molecule has 2 saturated heterocycles. The normalized spacial score (nSPS) is 27.1. The van der Waals surface area contributed by atoms with Crippen molar-refractivity contribution < 1.29 is 4.79 Å². The van der Waals surface area contributed by atoms with Crippen molar-refractivity contribution in [3.63, 3.8) is 0 Å². The van der Waals surface area contributed by atoms with Gasteiger partial charge in [-0.25, -0.2) is 15.0 Å². The van der Waals surface area contributed by atoms with Crippen LogP contribution in [0.4, 0.5) is 17.5 Å². The van der Waals surface area contributed by atoms with Crippen molar-refractivity contribution in [2.75, 3.05) is 56.0 Å². The van der Waals surface area contributed by atoms with Gasteiger partial charge >= 0.3 is 0 Å². The molecular weight excluding hydrogens is 512 g/mol. The van der Waals surface area contributed by atoms with Gasteiger partial charge in [-0.1, -0.05) is 12.1 Å². The topological polar surface area (TPSA) is 98.9 Å². The Morgan fingerprint density at radius 3 is 2.66 bits per heavy atom. The Labute approximate surface area is 241 Å². The summed E-state index contributed by atoms with van der Waals surface area (Å²) in [6.07, 6.45) is 10.2. The van der Waals surface area contributed by atoms with E-state index >= 15 is 0 Å². The molecule has 1 aromatic carbocycles. The van der Waals surface area contributed by atoms with Gasteiger partial charge in [0.1, 0.15) is 11.9 Å². The first-order chi connectivity index (χ1) is 20.2. The molecule has 6 aliphatic heterocycles. The van der Waals surface area contributed by atoms with Crippen LogP contribution in [0.25, 0.3) is 11.1 Å². The van der Waals surface area contributed by atoms with Gasteiger partial charge in [0, 0.05) is 85.5 Å². The zero-order valence-corrected chi connectivity index (χ0v) is 23.6. The van der Waals surface area contributed by atoms with E-state index in [1.54, 1.807) is 0 Å². The number of piperazine rings is 1. The SMILES string of the molecule is C=[N+]=NC1CC2CCNCC3(CC3)N3CCN(CC3)Cc3cccc(c3)Nc3cc(ccn3)-c3cnc(nc3)N2C1. The first-order valence-electron chi connectivity index (χ1n) is 14.9. The van der Waals surface area contributed by atoms with Crippen LogP contribution in [0.5, 0.6) is 0 Å². The Morgan fingerprint density at radius 2 is 1.85 bits per heavy atom. The number of hydrogen-bond donors (Lipinski definition) is 2. The highest BCUT2D eigenvalue weighted by molar-refractivity contribution is 5.68. The lowest BCUT2D eigenvalue weighted by Gasteiger charge is -2.40. The van der Waals surface area contributed by atoms with Gasteiger partial charge in [0.05, 0.1) is 11.7 Å². The molecule has 2 unspecified atom stereocenters. The van der Waals surface area contributed by atoms with E-state index in [-0.39, 0.29) is 6.04 Å². The largest absolute Gasteiger partial charge is 0.340 e. The Bertz CT molecular complexity index is 1410. The number of benzene rings is 1. The van der Waals surface area contributed by atoms with Crippen molar-refractivity contribution >= 4 is 24.2 Å². The summed E-state index contributed by atoms with van der Waals surface area (Å²) in [5.41, 5.74) is 4.70. The Balaban J connectivity index is 1.16. The molecule has 10 heteroatoms. The van der Waals surface area contributed by atoms with Crippen LogP contribution in [0.2, 0.25) is 0 Å². The third kappa shape index (κ3) is 5.74. The lowest BCUT2D eigenvalue weighted by Crippen LogP contribution is -2.54. The summed E-state index contributed by atoms with van der Waals surface area (Å²) in [4.78, 5) is 25.7. The summed E-state index contributed by atoms with van der Waals surface area (Å²) in [6.45, 7) is 11.9. The Kier molecular flexibility index (Phi) is 7.22. The molecule has 8 bridgehead atoms. The van der Waals surface area contributed by atoms with Crippen LogP contribution in [-0.4, -0.2) is 99.7 Å². The summed E-state index contributed by atoms with van der Waals surface area (Å²) in [7, 11) is 0. The molecule has 3 aromatic rings. The average molecular weight is 552 g/mol. The first kappa shape index (κ1) is 26.2. The lowest BCUT2D eigenvalue weighted by molar-refractivity contribution is -0.0861. The third-order valence-corrected chi connectivity index (χ3v) is 9.21. The highest BCUT2D eigenvalue weighted by Gasteiger charge is 2.48. The van der Waals surface area contributed by atoms with Gasteiger partial charge in [-0.15, -0.1) is 0 Å². The summed E-state index contributed by atoms with van der Waals surface area (Å²) < 4.78 is 0. The molecule has 1 spiro atoms. The van der Waals surface area contributed by atoms with Crippen molar-refractivity contribution in [1.29, 1.82) is 0 Å². The number of nitrogens with one attached hydrogen (secondary N) is 2. The molecule has 2 aromatic heterocycles. The molecule has 0 radical (unpaired) electrons. The van der Waals surface area contributed by atoms with E-state index in [0.717, 1.165) is 93.8 Å². The Hall–Kier alpha value is -3.69. The van der Waals surface area contributed by atoms with Crippen LogP contribution in [0.15, 0.2) is 60.1 Å². The second kappa shape index (κ2) is 11.3. The molecule has 2 atom stereocenters. The highest BCUT2D eigenvalue weighted by atomic mass is 15.3. The molecule has 10 nitrogen and oxygen atoms in total. The van der Waals surface area contributed by atoms with Gasteiger partial charge in [0.25, 0.3) is 6.72 Å². The van der Waals surface area contributed by atoms with E-state index in [1.807, 2.05) is 24.7 Å². The molecule has 7 aliphatic rings. The zero-order valence-electron chi connectivity index (χ0n) is 23.6. The maximum Gasteiger partial charge on any atom is 0.295 e. The fraction of sp³-hybridized carbons (Fsp3) is 0.484. The number of hydrogen-bond acceptors (Lipinski definition) is 9. The number of anilines is 3. The Morgan fingerprint density at radius 1 is 1.00 bits per heavy atom. The van der Waals surface area contributed by atoms with E-state index in [9.17, 15) is 0 Å². The van der Waals surface area contributed by atoms with Crippen molar-refractivity contribution in [1.82, 2.24) is 30.1 Å². The molecular formula is C31H39N10+. The zero-order chi connectivity index (χ0) is 27.6. The minimum Gasteiger partial charge on any atom is -0.340 e. The van der Waals surface area contributed by atoms with E-state index in [0.29, 0.717) is 11.6 Å². The third-order valence-electron chi connectivity index (χ3n) is 9.21. The van der Waals surface area contributed by atoms with E-state index in [4.69, 9.17) is 9.97 Å². The highest BCUT2D eigenvalue weighted by Crippen LogP contribution is 2.41. The van der Waals surface area contributed by atoms with Crippen molar-refractivity contribution in [2.45, 2.75) is 49.9 Å². The predicted molar refractivity (Wildman–Crippen MR) is 161 cm³/mol. The molecule has 10 rings (SSSR count). The minimum absolute atomic E-state index is 0.123. The van der Waals surface area contributed by atoms with Crippen LogP contribution in [0.3, 0.4) is 0 Å². The lowest BCUT2D eigenvalue weighted by atomic mass is 10.1. The van der Waals surface area contributed by atoms with Gasteiger partial charge in [-0.05, 0) is 67.6 Å².